The van der Waals surface area contributed by atoms with Gasteiger partial charge in [0.2, 0.25) is 5.91 Å². The first-order valence-corrected chi connectivity index (χ1v) is 8.22. The summed E-state index contributed by atoms with van der Waals surface area (Å²) in [4.78, 5) is 23.1. The summed E-state index contributed by atoms with van der Waals surface area (Å²) in [5.41, 5.74) is 0.371. The van der Waals surface area contributed by atoms with Crippen molar-refractivity contribution in [1.29, 1.82) is 0 Å². The minimum Gasteiger partial charge on any atom is -0.481 e. The molecule has 6 heteroatoms. The van der Waals surface area contributed by atoms with Crippen LogP contribution in [0.4, 0.5) is 5.69 Å². The Morgan fingerprint density at radius 1 is 1.33 bits per heavy atom. The fourth-order valence-corrected chi connectivity index (χ4v) is 2.47. The minimum atomic E-state index is -0.960. The summed E-state index contributed by atoms with van der Waals surface area (Å²) in [6.07, 6.45) is 2.53. The van der Waals surface area contributed by atoms with E-state index in [0.29, 0.717) is 24.5 Å². The highest BCUT2D eigenvalue weighted by molar-refractivity contribution is 5.91. The number of hydrogen-bond donors (Lipinski definition) is 2. The quantitative estimate of drug-likeness (QED) is 0.713. The molecule has 1 aliphatic rings. The van der Waals surface area contributed by atoms with Crippen LogP contribution in [0.3, 0.4) is 0 Å². The van der Waals surface area contributed by atoms with Gasteiger partial charge in [0.15, 0.2) is 0 Å². The van der Waals surface area contributed by atoms with E-state index in [2.05, 4.69) is 5.32 Å². The fourth-order valence-electron chi connectivity index (χ4n) is 2.47. The first-order valence-electron chi connectivity index (χ1n) is 8.22. The van der Waals surface area contributed by atoms with E-state index in [1.165, 1.54) is 0 Å². The molecule has 1 aliphatic heterocycles. The lowest BCUT2D eigenvalue weighted by Gasteiger charge is -2.19. The SMILES string of the molecule is CC(C)(C(=O)O)c1ccc(NC(=O)CCOCC2CCCO2)cc1. The summed E-state index contributed by atoms with van der Waals surface area (Å²) in [6.45, 7) is 4.98. The van der Waals surface area contributed by atoms with Gasteiger partial charge < -0.3 is 19.9 Å². The summed E-state index contributed by atoms with van der Waals surface area (Å²) < 4.78 is 10.9. The highest BCUT2D eigenvalue weighted by Gasteiger charge is 2.29. The smallest absolute Gasteiger partial charge is 0.313 e. The van der Waals surface area contributed by atoms with Gasteiger partial charge in [-0.1, -0.05) is 12.1 Å². The number of carbonyl (C=O) groups excluding carboxylic acids is 1. The van der Waals surface area contributed by atoms with Crippen molar-refractivity contribution in [2.45, 2.75) is 44.6 Å². The predicted molar refractivity (Wildman–Crippen MR) is 90.1 cm³/mol. The Morgan fingerprint density at radius 2 is 2.04 bits per heavy atom. The summed E-state index contributed by atoms with van der Waals surface area (Å²) in [5, 5.41) is 12.0. The Morgan fingerprint density at radius 3 is 2.62 bits per heavy atom. The topological polar surface area (TPSA) is 84.9 Å². The molecule has 24 heavy (non-hydrogen) atoms. The van der Waals surface area contributed by atoms with E-state index in [0.717, 1.165) is 19.4 Å². The Bertz CT molecular complexity index is 561. The zero-order chi connectivity index (χ0) is 17.6. The van der Waals surface area contributed by atoms with Crippen LogP contribution in [0.15, 0.2) is 24.3 Å². The molecule has 1 aromatic carbocycles. The number of ether oxygens (including phenoxy) is 2. The first-order chi connectivity index (χ1) is 11.4. The van der Waals surface area contributed by atoms with E-state index in [4.69, 9.17) is 9.47 Å². The van der Waals surface area contributed by atoms with Gasteiger partial charge in [-0.05, 0) is 44.4 Å². The van der Waals surface area contributed by atoms with Crippen LogP contribution in [-0.4, -0.2) is 42.9 Å². The van der Waals surface area contributed by atoms with Gasteiger partial charge in [-0.15, -0.1) is 0 Å². The maximum atomic E-state index is 11.9. The maximum Gasteiger partial charge on any atom is 0.313 e. The van der Waals surface area contributed by atoms with Crippen LogP contribution in [0.1, 0.15) is 38.7 Å². The minimum absolute atomic E-state index is 0.132. The number of rotatable bonds is 8. The zero-order valence-electron chi connectivity index (χ0n) is 14.2. The zero-order valence-corrected chi connectivity index (χ0v) is 14.2. The molecule has 1 heterocycles. The molecule has 0 radical (unpaired) electrons. The second kappa shape index (κ2) is 8.26. The average Bonchev–Trinajstić information content (AvgIpc) is 3.05. The van der Waals surface area contributed by atoms with Crippen LogP contribution in [0.25, 0.3) is 0 Å². The molecule has 1 aromatic rings. The van der Waals surface area contributed by atoms with Crippen molar-refractivity contribution < 1.29 is 24.2 Å². The first kappa shape index (κ1) is 18.4. The Kier molecular flexibility index (Phi) is 6.34. The molecule has 1 amide bonds. The van der Waals surface area contributed by atoms with Gasteiger partial charge in [-0.2, -0.15) is 0 Å². The number of benzene rings is 1. The molecule has 0 spiro atoms. The van der Waals surface area contributed by atoms with Gasteiger partial charge in [0.05, 0.1) is 31.2 Å². The molecule has 0 bridgehead atoms. The number of anilines is 1. The Hall–Kier alpha value is -1.92. The number of amides is 1. The third kappa shape index (κ3) is 5.04. The molecule has 1 fully saturated rings. The molecule has 1 saturated heterocycles. The van der Waals surface area contributed by atoms with Crippen molar-refractivity contribution in [3.63, 3.8) is 0 Å². The van der Waals surface area contributed by atoms with Crippen molar-refractivity contribution in [3.8, 4) is 0 Å². The standard InChI is InChI=1S/C18H25NO5/c1-18(2,17(21)22)13-5-7-14(8-6-13)19-16(20)9-11-23-12-15-4-3-10-24-15/h5-8,15H,3-4,9-12H2,1-2H3,(H,19,20)(H,21,22). The lowest BCUT2D eigenvalue weighted by atomic mass is 9.85. The fraction of sp³-hybridized carbons (Fsp3) is 0.556. The molecule has 0 aliphatic carbocycles. The van der Waals surface area contributed by atoms with Gasteiger partial charge >= 0.3 is 5.97 Å². The van der Waals surface area contributed by atoms with E-state index in [-0.39, 0.29) is 18.4 Å². The van der Waals surface area contributed by atoms with Crippen molar-refractivity contribution >= 4 is 17.6 Å². The highest BCUT2D eigenvalue weighted by Crippen LogP contribution is 2.24. The van der Waals surface area contributed by atoms with E-state index in [9.17, 15) is 14.7 Å². The van der Waals surface area contributed by atoms with Gasteiger partial charge in [0, 0.05) is 12.3 Å². The number of carbonyl (C=O) groups is 2. The van der Waals surface area contributed by atoms with Crippen molar-refractivity contribution in [1.82, 2.24) is 0 Å². The molecule has 0 saturated carbocycles. The third-order valence-electron chi connectivity index (χ3n) is 4.23. The summed E-state index contributed by atoms with van der Waals surface area (Å²) >= 11 is 0. The predicted octanol–water partition coefficient (Wildman–Crippen LogP) is 2.57. The lowest BCUT2D eigenvalue weighted by molar-refractivity contribution is -0.142. The average molecular weight is 335 g/mol. The van der Waals surface area contributed by atoms with Crippen LogP contribution in [0.2, 0.25) is 0 Å². The second-order valence-electron chi connectivity index (χ2n) is 6.52. The normalized spacial score (nSPS) is 17.7. The highest BCUT2D eigenvalue weighted by atomic mass is 16.5. The van der Waals surface area contributed by atoms with Crippen molar-refractivity contribution in [3.05, 3.63) is 29.8 Å². The molecule has 1 unspecified atom stereocenters. The van der Waals surface area contributed by atoms with E-state index < -0.39 is 11.4 Å². The number of carboxylic acids is 1. The molecule has 6 nitrogen and oxygen atoms in total. The third-order valence-corrected chi connectivity index (χ3v) is 4.23. The lowest BCUT2D eigenvalue weighted by Crippen LogP contribution is -2.28. The maximum absolute atomic E-state index is 11.9. The van der Waals surface area contributed by atoms with Crippen LogP contribution in [0.5, 0.6) is 0 Å². The monoisotopic (exact) mass is 335 g/mol. The second-order valence-corrected chi connectivity index (χ2v) is 6.52. The van der Waals surface area contributed by atoms with Gasteiger partial charge in [0.1, 0.15) is 0 Å². The summed E-state index contributed by atoms with van der Waals surface area (Å²) in [5.74, 6) is -1.02. The van der Waals surface area contributed by atoms with Crippen LogP contribution < -0.4 is 5.32 Å². The molecule has 1 atom stereocenters. The van der Waals surface area contributed by atoms with Gasteiger partial charge in [0.25, 0.3) is 0 Å². The van der Waals surface area contributed by atoms with E-state index in [1.807, 2.05) is 0 Å². The number of hydrogen-bond acceptors (Lipinski definition) is 4. The molecule has 132 valence electrons. The molecule has 0 aromatic heterocycles. The van der Waals surface area contributed by atoms with E-state index >= 15 is 0 Å². The van der Waals surface area contributed by atoms with Crippen molar-refractivity contribution in [2.75, 3.05) is 25.1 Å². The number of aliphatic carboxylic acids is 1. The van der Waals surface area contributed by atoms with Gasteiger partial charge in [-0.3, -0.25) is 9.59 Å². The molecule has 2 N–H and O–H groups in total. The Labute approximate surface area is 142 Å². The molecular formula is C18H25NO5. The Balaban J connectivity index is 1.74. The van der Waals surface area contributed by atoms with Crippen LogP contribution in [-0.2, 0) is 24.5 Å². The van der Waals surface area contributed by atoms with Crippen LogP contribution in [0, 0.1) is 0 Å². The summed E-state index contributed by atoms with van der Waals surface area (Å²) in [7, 11) is 0. The molecular weight excluding hydrogens is 310 g/mol. The number of nitrogens with one attached hydrogen (secondary N) is 1. The van der Waals surface area contributed by atoms with E-state index in [1.54, 1.807) is 38.1 Å². The number of carboxylic acid groups (broad SMARTS) is 1. The largest absolute Gasteiger partial charge is 0.481 e. The van der Waals surface area contributed by atoms with Crippen molar-refractivity contribution in [2.24, 2.45) is 0 Å². The van der Waals surface area contributed by atoms with Gasteiger partial charge in [-0.25, -0.2) is 0 Å². The molecule has 2 rings (SSSR count). The van der Waals surface area contributed by atoms with Crippen LogP contribution >= 0.6 is 0 Å². The summed E-state index contributed by atoms with van der Waals surface area (Å²) in [6, 6.07) is 6.87.